The number of anilines is 2. The molecule has 3 nitrogen and oxygen atoms in total. The van der Waals surface area contributed by atoms with Gasteiger partial charge in [0.05, 0.1) is 0 Å². The van der Waals surface area contributed by atoms with Gasteiger partial charge in [0.25, 0.3) is 0 Å². The zero-order chi connectivity index (χ0) is 18.0. The highest BCUT2D eigenvalue weighted by Gasteiger charge is 2.16. The van der Waals surface area contributed by atoms with Gasteiger partial charge in [-0.05, 0) is 50.3 Å². The van der Waals surface area contributed by atoms with E-state index in [1.165, 1.54) is 5.56 Å². The molecule has 0 fully saturated rings. The Morgan fingerprint density at radius 3 is 2.28 bits per heavy atom. The molecule has 0 spiro atoms. The number of benzene rings is 3. The number of hydrogen-bond acceptors (Lipinski definition) is 2. The molecule has 0 heterocycles. The number of amides is 1. The smallest absolute Gasteiger partial charge is 0.246 e. The molecule has 0 unspecified atom stereocenters. The van der Waals surface area contributed by atoms with Crippen LogP contribution in [0.1, 0.15) is 23.6 Å². The van der Waals surface area contributed by atoms with Crippen LogP contribution in [-0.2, 0) is 4.79 Å². The van der Waals surface area contributed by atoms with Crippen LogP contribution in [0, 0.1) is 20.8 Å². The maximum absolute atomic E-state index is 12.7. The zero-order valence-corrected chi connectivity index (χ0v) is 15.2. The molecule has 3 rings (SSSR count). The summed E-state index contributed by atoms with van der Waals surface area (Å²) in [6, 6.07) is 18.1. The first-order chi connectivity index (χ1) is 12.0. The molecule has 0 aromatic heterocycles. The molecule has 0 saturated carbocycles. The SMILES string of the molecule is Cc1cc(C)c(NC(=O)[C@H](C)Nc2cccc3ccccc23)c(C)c1. The lowest BCUT2D eigenvalue weighted by Gasteiger charge is -2.19. The third kappa shape index (κ3) is 3.66. The van der Waals surface area contributed by atoms with Crippen molar-refractivity contribution >= 4 is 28.1 Å². The number of aryl methyl sites for hydroxylation is 3. The average molecular weight is 332 g/mol. The van der Waals surface area contributed by atoms with E-state index in [9.17, 15) is 4.79 Å². The van der Waals surface area contributed by atoms with Crippen molar-refractivity contribution in [2.75, 3.05) is 10.6 Å². The molecule has 3 heteroatoms. The Balaban J connectivity index is 1.79. The summed E-state index contributed by atoms with van der Waals surface area (Å²) in [4.78, 5) is 12.7. The summed E-state index contributed by atoms with van der Waals surface area (Å²) >= 11 is 0. The van der Waals surface area contributed by atoms with Crippen molar-refractivity contribution in [3.05, 3.63) is 71.3 Å². The molecule has 0 bridgehead atoms. The molecule has 2 N–H and O–H groups in total. The van der Waals surface area contributed by atoms with Crippen LogP contribution in [0.2, 0.25) is 0 Å². The minimum atomic E-state index is -0.342. The molecule has 3 aromatic rings. The predicted octanol–water partition coefficient (Wildman–Crippen LogP) is 5.20. The van der Waals surface area contributed by atoms with Crippen molar-refractivity contribution in [1.29, 1.82) is 0 Å². The van der Waals surface area contributed by atoms with Crippen LogP contribution in [0.4, 0.5) is 11.4 Å². The van der Waals surface area contributed by atoms with Crippen LogP contribution >= 0.6 is 0 Å². The van der Waals surface area contributed by atoms with Gasteiger partial charge >= 0.3 is 0 Å². The van der Waals surface area contributed by atoms with E-state index in [0.29, 0.717) is 0 Å². The highest BCUT2D eigenvalue weighted by molar-refractivity contribution is 6.00. The van der Waals surface area contributed by atoms with Gasteiger partial charge in [-0.2, -0.15) is 0 Å². The molecule has 128 valence electrons. The van der Waals surface area contributed by atoms with E-state index < -0.39 is 0 Å². The van der Waals surface area contributed by atoms with Crippen LogP contribution in [0.5, 0.6) is 0 Å². The minimum absolute atomic E-state index is 0.0389. The molecular weight excluding hydrogens is 308 g/mol. The number of carbonyl (C=O) groups is 1. The fourth-order valence-corrected chi connectivity index (χ4v) is 3.26. The van der Waals surface area contributed by atoms with Gasteiger partial charge < -0.3 is 10.6 Å². The van der Waals surface area contributed by atoms with E-state index in [1.807, 2.05) is 45.0 Å². The topological polar surface area (TPSA) is 41.1 Å². The summed E-state index contributed by atoms with van der Waals surface area (Å²) in [5.74, 6) is -0.0389. The van der Waals surface area contributed by atoms with E-state index in [0.717, 1.165) is 33.3 Å². The molecule has 0 aliphatic heterocycles. The fourth-order valence-electron chi connectivity index (χ4n) is 3.26. The number of nitrogens with one attached hydrogen (secondary N) is 2. The number of carbonyl (C=O) groups excluding carboxylic acids is 1. The molecule has 1 atom stereocenters. The summed E-state index contributed by atoms with van der Waals surface area (Å²) in [7, 11) is 0. The van der Waals surface area contributed by atoms with Gasteiger partial charge in [0.2, 0.25) is 5.91 Å². The molecule has 1 amide bonds. The highest BCUT2D eigenvalue weighted by Crippen LogP contribution is 2.25. The van der Waals surface area contributed by atoms with Gasteiger partial charge in [-0.3, -0.25) is 4.79 Å². The van der Waals surface area contributed by atoms with Crippen molar-refractivity contribution in [3.8, 4) is 0 Å². The Kier molecular flexibility index (Phi) is 4.75. The number of fused-ring (bicyclic) bond motifs is 1. The van der Waals surface area contributed by atoms with E-state index in [2.05, 4.69) is 47.9 Å². The Hall–Kier alpha value is -2.81. The second kappa shape index (κ2) is 6.98. The summed E-state index contributed by atoms with van der Waals surface area (Å²) < 4.78 is 0. The minimum Gasteiger partial charge on any atom is -0.373 e. The first-order valence-corrected chi connectivity index (χ1v) is 8.58. The van der Waals surface area contributed by atoms with Gasteiger partial charge in [0, 0.05) is 16.8 Å². The highest BCUT2D eigenvalue weighted by atomic mass is 16.2. The summed E-state index contributed by atoms with van der Waals surface area (Å²) in [5.41, 5.74) is 5.25. The van der Waals surface area contributed by atoms with E-state index in [1.54, 1.807) is 0 Å². The first kappa shape index (κ1) is 17.0. The second-order valence-electron chi connectivity index (χ2n) is 6.66. The molecule has 3 aromatic carbocycles. The molecule has 25 heavy (non-hydrogen) atoms. The molecular formula is C22H24N2O. The summed E-state index contributed by atoms with van der Waals surface area (Å²) in [6.07, 6.45) is 0. The Bertz CT molecular complexity index is 902. The van der Waals surface area contributed by atoms with E-state index in [4.69, 9.17) is 0 Å². The Morgan fingerprint density at radius 2 is 1.56 bits per heavy atom. The first-order valence-electron chi connectivity index (χ1n) is 8.58. The monoisotopic (exact) mass is 332 g/mol. The van der Waals surface area contributed by atoms with Gasteiger partial charge in [-0.1, -0.05) is 54.1 Å². The van der Waals surface area contributed by atoms with Gasteiger partial charge in [-0.15, -0.1) is 0 Å². The van der Waals surface area contributed by atoms with Crippen LogP contribution in [0.3, 0.4) is 0 Å². The van der Waals surface area contributed by atoms with Crippen molar-refractivity contribution < 1.29 is 4.79 Å². The van der Waals surface area contributed by atoms with Crippen LogP contribution in [-0.4, -0.2) is 11.9 Å². The molecule has 0 aliphatic rings. The maximum Gasteiger partial charge on any atom is 0.246 e. The fraction of sp³-hybridized carbons (Fsp3) is 0.227. The van der Waals surface area contributed by atoms with Crippen molar-refractivity contribution in [2.24, 2.45) is 0 Å². The third-order valence-electron chi connectivity index (χ3n) is 4.48. The standard InChI is InChI=1S/C22H24N2O/c1-14-12-15(2)21(16(3)13-14)24-22(25)17(4)23-20-11-7-9-18-8-5-6-10-19(18)20/h5-13,17,23H,1-4H3,(H,24,25)/t17-/m0/s1. The van der Waals surface area contributed by atoms with Crippen LogP contribution < -0.4 is 10.6 Å². The number of rotatable bonds is 4. The molecule has 0 saturated heterocycles. The van der Waals surface area contributed by atoms with Crippen LogP contribution in [0.25, 0.3) is 10.8 Å². The number of hydrogen-bond donors (Lipinski definition) is 2. The normalized spacial score (nSPS) is 12.0. The quantitative estimate of drug-likeness (QED) is 0.689. The van der Waals surface area contributed by atoms with Crippen molar-refractivity contribution in [1.82, 2.24) is 0 Å². The van der Waals surface area contributed by atoms with Crippen LogP contribution in [0.15, 0.2) is 54.6 Å². The van der Waals surface area contributed by atoms with Gasteiger partial charge in [0.15, 0.2) is 0 Å². The summed E-state index contributed by atoms with van der Waals surface area (Å²) in [5, 5.41) is 8.69. The lowest BCUT2D eigenvalue weighted by atomic mass is 10.0. The average Bonchev–Trinajstić information content (AvgIpc) is 2.58. The Labute approximate surface area is 149 Å². The Morgan fingerprint density at radius 1 is 0.920 bits per heavy atom. The predicted molar refractivity (Wildman–Crippen MR) is 106 cm³/mol. The lowest BCUT2D eigenvalue weighted by molar-refractivity contribution is -0.116. The van der Waals surface area contributed by atoms with E-state index >= 15 is 0 Å². The molecule has 0 aliphatic carbocycles. The largest absolute Gasteiger partial charge is 0.373 e. The van der Waals surface area contributed by atoms with E-state index in [-0.39, 0.29) is 11.9 Å². The zero-order valence-electron chi connectivity index (χ0n) is 15.2. The molecule has 0 radical (unpaired) electrons. The van der Waals surface area contributed by atoms with Crippen molar-refractivity contribution in [2.45, 2.75) is 33.7 Å². The van der Waals surface area contributed by atoms with Gasteiger partial charge in [-0.25, -0.2) is 0 Å². The third-order valence-corrected chi connectivity index (χ3v) is 4.48. The maximum atomic E-state index is 12.7. The van der Waals surface area contributed by atoms with Crippen molar-refractivity contribution in [3.63, 3.8) is 0 Å². The lowest BCUT2D eigenvalue weighted by Crippen LogP contribution is -2.32. The summed E-state index contributed by atoms with van der Waals surface area (Å²) in [6.45, 7) is 8.00. The van der Waals surface area contributed by atoms with Gasteiger partial charge in [0.1, 0.15) is 6.04 Å². The second-order valence-corrected chi connectivity index (χ2v) is 6.66.